The van der Waals surface area contributed by atoms with Crippen LogP contribution in [0.5, 0.6) is 0 Å². The summed E-state index contributed by atoms with van der Waals surface area (Å²) in [5.41, 5.74) is 1.84. The second-order valence-electron chi connectivity index (χ2n) is 6.71. The van der Waals surface area contributed by atoms with E-state index in [9.17, 15) is 8.78 Å². The molecule has 140 valence electrons. The van der Waals surface area contributed by atoms with Crippen LogP contribution in [0.4, 0.5) is 20.5 Å². The smallest absolute Gasteiger partial charge is 0.251 e. The molecule has 0 amide bonds. The van der Waals surface area contributed by atoms with Gasteiger partial charge in [-0.05, 0) is 29.8 Å². The number of hydrogen-bond acceptors (Lipinski definition) is 4. The van der Waals surface area contributed by atoms with Crippen LogP contribution in [-0.2, 0) is 6.54 Å². The maximum absolute atomic E-state index is 13.5. The Morgan fingerprint density at radius 2 is 1.70 bits per heavy atom. The number of hydrogen-bond donors (Lipinski definition) is 1. The second kappa shape index (κ2) is 7.27. The highest BCUT2D eigenvalue weighted by Crippen LogP contribution is 2.33. The minimum atomic E-state index is -2.59. The van der Waals surface area contributed by atoms with Gasteiger partial charge in [0.15, 0.2) is 0 Å². The standard InChI is InChI=1S/C20H19ClF2N4/c21-15-7-5-14(6-8-15)13-24-19-25-17-4-2-1-3-16(17)18(26-19)27-11-9-20(22,23)10-12-27/h1-8H,9-13H2,(H,24,25,26). The van der Waals surface area contributed by atoms with Crippen molar-refractivity contribution in [3.8, 4) is 0 Å². The molecule has 4 rings (SSSR count). The van der Waals surface area contributed by atoms with Crippen molar-refractivity contribution in [2.24, 2.45) is 0 Å². The van der Waals surface area contributed by atoms with Crippen LogP contribution in [0.1, 0.15) is 18.4 Å². The van der Waals surface area contributed by atoms with Gasteiger partial charge in [0.2, 0.25) is 5.95 Å². The first-order valence-corrected chi connectivity index (χ1v) is 9.26. The van der Waals surface area contributed by atoms with E-state index in [4.69, 9.17) is 11.6 Å². The molecule has 1 fully saturated rings. The van der Waals surface area contributed by atoms with E-state index in [-0.39, 0.29) is 25.9 Å². The molecule has 1 N–H and O–H groups in total. The normalized spacial score (nSPS) is 16.5. The van der Waals surface area contributed by atoms with Crippen molar-refractivity contribution in [3.05, 3.63) is 59.1 Å². The summed E-state index contributed by atoms with van der Waals surface area (Å²) in [6, 6.07) is 15.2. The predicted octanol–water partition coefficient (Wildman–Crippen LogP) is 5.13. The summed E-state index contributed by atoms with van der Waals surface area (Å²) >= 11 is 5.92. The SMILES string of the molecule is FC1(F)CCN(c2nc(NCc3ccc(Cl)cc3)nc3ccccc23)CC1. The molecule has 4 nitrogen and oxygen atoms in total. The lowest BCUT2D eigenvalue weighted by Crippen LogP contribution is -2.40. The number of benzene rings is 2. The Hall–Kier alpha value is -2.47. The number of rotatable bonds is 4. The number of alkyl halides is 2. The first kappa shape index (κ1) is 17.9. The van der Waals surface area contributed by atoms with Crippen LogP contribution >= 0.6 is 11.6 Å². The molecule has 0 unspecified atom stereocenters. The maximum atomic E-state index is 13.5. The Kier molecular flexibility index (Phi) is 4.83. The predicted molar refractivity (Wildman–Crippen MR) is 105 cm³/mol. The summed E-state index contributed by atoms with van der Waals surface area (Å²) in [5, 5.41) is 4.79. The summed E-state index contributed by atoms with van der Waals surface area (Å²) in [6.07, 6.45) is -0.308. The quantitative estimate of drug-likeness (QED) is 0.672. The average Bonchev–Trinajstić information content (AvgIpc) is 2.67. The van der Waals surface area contributed by atoms with Gasteiger partial charge in [0.05, 0.1) is 5.52 Å². The monoisotopic (exact) mass is 388 g/mol. The lowest BCUT2D eigenvalue weighted by molar-refractivity contribution is -0.0221. The van der Waals surface area contributed by atoms with Crippen molar-refractivity contribution >= 4 is 34.3 Å². The molecule has 0 atom stereocenters. The number of anilines is 2. The number of nitrogens with one attached hydrogen (secondary N) is 1. The molecule has 0 saturated carbocycles. The van der Waals surface area contributed by atoms with Crippen LogP contribution in [-0.4, -0.2) is 29.0 Å². The first-order valence-electron chi connectivity index (χ1n) is 8.88. The zero-order chi connectivity index (χ0) is 18.9. The molecule has 7 heteroatoms. The van der Waals surface area contributed by atoms with Gasteiger partial charge in [-0.25, -0.2) is 13.8 Å². The zero-order valence-electron chi connectivity index (χ0n) is 14.6. The van der Waals surface area contributed by atoms with Crippen LogP contribution in [0.15, 0.2) is 48.5 Å². The summed E-state index contributed by atoms with van der Waals surface area (Å²) in [6.45, 7) is 1.11. The Morgan fingerprint density at radius 1 is 1.00 bits per heavy atom. The number of nitrogens with zero attached hydrogens (tertiary/aromatic N) is 3. The number of para-hydroxylation sites is 1. The molecule has 1 aliphatic heterocycles. The van der Waals surface area contributed by atoms with Gasteiger partial charge in [-0.2, -0.15) is 4.98 Å². The van der Waals surface area contributed by atoms with Crippen LogP contribution < -0.4 is 10.2 Å². The van der Waals surface area contributed by atoms with E-state index in [1.807, 2.05) is 53.4 Å². The van der Waals surface area contributed by atoms with Gasteiger partial charge >= 0.3 is 0 Å². The minimum absolute atomic E-state index is 0.154. The molecular weight excluding hydrogens is 370 g/mol. The van der Waals surface area contributed by atoms with Crippen molar-refractivity contribution in [1.82, 2.24) is 9.97 Å². The highest BCUT2D eigenvalue weighted by atomic mass is 35.5. The van der Waals surface area contributed by atoms with Crippen LogP contribution in [0, 0.1) is 0 Å². The lowest BCUT2D eigenvalue weighted by Gasteiger charge is -2.33. The third-order valence-electron chi connectivity index (χ3n) is 4.74. The highest BCUT2D eigenvalue weighted by Gasteiger charge is 2.35. The molecular formula is C20H19ClF2N4. The lowest BCUT2D eigenvalue weighted by atomic mass is 10.1. The Morgan fingerprint density at radius 3 is 2.44 bits per heavy atom. The maximum Gasteiger partial charge on any atom is 0.251 e. The second-order valence-corrected chi connectivity index (χ2v) is 7.15. The number of fused-ring (bicyclic) bond motifs is 1. The summed E-state index contributed by atoms with van der Waals surface area (Å²) in [4.78, 5) is 11.1. The van der Waals surface area contributed by atoms with Crippen molar-refractivity contribution in [2.75, 3.05) is 23.3 Å². The van der Waals surface area contributed by atoms with Gasteiger partial charge < -0.3 is 10.2 Å². The fourth-order valence-corrected chi connectivity index (χ4v) is 3.33. The van der Waals surface area contributed by atoms with Crippen molar-refractivity contribution in [1.29, 1.82) is 0 Å². The fraction of sp³-hybridized carbons (Fsp3) is 0.300. The number of aromatic nitrogens is 2. The largest absolute Gasteiger partial charge is 0.355 e. The Bertz CT molecular complexity index is 936. The molecule has 3 aromatic rings. The van der Waals surface area contributed by atoms with Gasteiger partial charge in [-0.3, -0.25) is 0 Å². The summed E-state index contributed by atoms with van der Waals surface area (Å²) in [7, 11) is 0. The third-order valence-corrected chi connectivity index (χ3v) is 4.99. The molecule has 0 aliphatic carbocycles. The van der Waals surface area contributed by atoms with E-state index in [1.54, 1.807) is 0 Å². The van der Waals surface area contributed by atoms with Gasteiger partial charge in [0.1, 0.15) is 5.82 Å². The first-order chi connectivity index (χ1) is 13.0. The van der Waals surface area contributed by atoms with E-state index < -0.39 is 5.92 Å². The topological polar surface area (TPSA) is 41.1 Å². The van der Waals surface area contributed by atoms with Crippen molar-refractivity contribution in [3.63, 3.8) is 0 Å². The van der Waals surface area contributed by atoms with Crippen LogP contribution in [0.25, 0.3) is 10.9 Å². The van der Waals surface area contributed by atoms with Crippen molar-refractivity contribution < 1.29 is 8.78 Å². The van der Waals surface area contributed by atoms with E-state index in [1.165, 1.54) is 0 Å². The summed E-state index contributed by atoms with van der Waals surface area (Å²) in [5.74, 6) is -1.40. The molecule has 1 aromatic heterocycles. The Balaban J connectivity index is 1.61. The molecule has 1 saturated heterocycles. The molecule has 0 radical (unpaired) electrons. The van der Waals surface area contributed by atoms with Gasteiger partial charge in [-0.1, -0.05) is 35.9 Å². The molecule has 27 heavy (non-hydrogen) atoms. The van der Waals surface area contributed by atoms with E-state index >= 15 is 0 Å². The fourth-order valence-electron chi connectivity index (χ4n) is 3.21. The number of piperidine rings is 1. The van der Waals surface area contributed by atoms with Crippen LogP contribution in [0.3, 0.4) is 0 Å². The summed E-state index contributed by atoms with van der Waals surface area (Å²) < 4.78 is 27.1. The Labute approximate surface area is 161 Å². The van der Waals surface area contributed by atoms with Crippen molar-refractivity contribution in [2.45, 2.75) is 25.3 Å². The molecule has 0 bridgehead atoms. The van der Waals surface area contributed by atoms with Gasteiger partial charge in [0, 0.05) is 42.9 Å². The average molecular weight is 389 g/mol. The van der Waals surface area contributed by atoms with Crippen LogP contribution in [0.2, 0.25) is 5.02 Å². The van der Waals surface area contributed by atoms with E-state index in [0.717, 1.165) is 16.5 Å². The van der Waals surface area contributed by atoms with E-state index in [0.29, 0.717) is 23.3 Å². The zero-order valence-corrected chi connectivity index (χ0v) is 15.4. The molecule has 2 heterocycles. The number of halogens is 3. The minimum Gasteiger partial charge on any atom is -0.355 e. The van der Waals surface area contributed by atoms with Gasteiger partial charge in [0.25, 0.3) is 5.92 Å². The highest BCUT2D eigenvalue weighted by molar-refractivity contribution is 6.30. The third kappa shape index (κ3) is 4.11. The molecule has 2 aromatic carbocycles. The molecule has 1 aliphatic rings. The molecule has 0 spiro atoms. The van der Waals surface area contributed by atoms with E-state index in [2.05, 4.69) is 15.3 Å². The van der Waals surface area contributed by atoms with Gasteiger partial charge in [-0.15, -0.1) is 0 Å².